The van der Waals surface area contributed by atoms with Gasteiger partial charge in [-0.15, -0.1) is 0 Å². The van der Waals surface area contributed by atoms with Gasteiger partial charge in [0.2, 0.25) is 0 Å². The van der Waals surface area contributed by atoms with E-state index in [1.165, 1.54) is 12.1 Å². The first-order valence-electron chi connectivity index (χ1n) is 10.3. The molecular weight excluding hydrogens is 421 g/mol. The zero-order valence-corrected chi connectivity index (χ0v) is 17.3. The third kappa shape index (κ3) is 5.35. The Morgan fingerprint density at radius 3 is 2.50 bits per heavy atom. The van der Waals surface area contributed by atoms with E-state index in [1.807, 2.05) is 18.2 Å². The molecule has 3 aromatic rings. The number of ether oxygens (including phenoxy) is 1. The van der Waals surface area contributed by atoms with Crippen molar-refractivity contribution in [2.45, 2.75) is 6.18 Å². The van der Waals surface area contributed by atoms with E-state index >= 15 is 0 Å². The summed E-state index contributed by atoms with van der Waals surface area (Å²) in [6.07, 6.45) is -4.40. The molecule has 0 aliphatic carbocycles. The summed E-state index contributed by atoms with van der Waals surface area (Å²) in [5.41, 5.74) is 0.782. The molecule has 2 N–H and O–H groups in total. The molecule has 1 fully saturated rings. The highest BCUT2D eigenvalue weighted by Crippen LogP contribution is 2.30. The van der Waals surface area contributed by atoms with Gasteiger partial charge in [0.25, 0.3) is 5.91 Å². The number of amides is 1. The van der Waals surface area contributed by atoms with Gasteiger partial charge >= 0.3 is 6.18 Å². The maximum Gasteiger partial charge on any atom is 0.416 e. The molecule has 1 aliphatic rings. The number of aromatic nitrogens is 1. The second-order valence-corrected chi connectivity index (χ2v) is 7.48. The van der Waals surface area contributed by atoms with Crippen LogP contribution in [-0.2, 0) is 10.9 Å². The summed E-state index contributed by atoms with van der Waals surface area (Å²) < 4.78 is 43.7. The van der Waals surface area contributed by atoms with Gasteiger partial charge in [-0.05, 0) is 36.4 Å². The molecule has 0 bridgehead atoms. The molecule has 1 saturated heterocycles. The molecule has 9 heteroatoms. The SMILES string of the molecule is O=C(NCCN1CCOCC1)c1cc(Nc2ccc(C(F)(F)F)cc2)nc2ccccc12. The predicted octanol–water partition coefficient (Wildman–Crippen LogP) is 4.06. The summed E-state index contributed by atoms with van der Waals surface area (Å²) in [5.74, 6) is 0.147. The number of nitrogens with one attached hydrogen (secondary N) is 2. The van der Waals surface area contributed by atoms with Gasteiger partial charge in [-0.25, -0.2) is 4.98 Å². The lowest BCUT2D eigenvalue weighted by Crippen LogP contribution is -2.41. The van der Waals surface area contributed by atoms with Gasteiger partial charge in [0, 0.05) is 37.3 Å². The van der Waals surface area contributed by atoms with Crippen molar-refractivity contribution in [2.24, 2.45) is 0 Å². The molecule has 1 aromatic heterocycles. The molecule has 168 valence electrons. The van der Waals surface area contributed by atoms with Crippen LogP contribution < -0.4 is 10.6 Å². The van der Waals surface area contributed by atoms with Gasteiger partial charge in [-0.1, -0.05) is 18.2 Å². The standard InChI is InChI=1S/C23H23F3N4O2/c24-23(25,26)16-5-7-17(8-6-16)28-21-15-19(18-3-1-2-4-20(18)29-21)22(31)27-9-10-30-11-13-32-14-12-30/h1-8,15H,9-14H2,(H,27,31)(H,28,29). The normalized spacial score (nSPS) is 15.0. The topological polar surface area (TPSA) is 66.5 Å². The molecule has 4 rings (SSSR count). The lowest BCUT2D eigenvalue weighted by molar-refractivity contribution is -0.137. The highest BCUT2D eigenvalue weighted by atomic mass is 19.4. The molecule has 0 radical (unpaired) electrons. The Bertz CT molecular complexity index is 1080. The molecular formula is C23H23F3N4O2. The van der Waals surface area contributed by atoms with E-state index in [0.29, 0.717) is 47.7 Å². The minimum Gasteiger partial charge on any atom is -0.379 e. The quantitative estimate of drug-likeness (QED) is 0.600. The van der Waals surface area contributed by atoms with E-state index in [9.17, 15) is 18.0 Å². The molecule has 0 unspecified atom stereocenters. The summed E-state index contributed by atoms with van der Waals surface area (Å²) in [6, 6.07) is 13.5. The van der Waals surface area contributed by atoms with Crippen LogP contribution in [0.2, 0.25) is 0 Å². The van der Waals surface area contributed by atoms with Crippen molar-refractivity contribution >= 4 is 28.3 Å². The smallest absolute Gasteiger partial charge is 0.379 e. The fraction of sp³-hybridized carbons (Fsp3) is 0.304. The fourth-order valence-electron chi connectivity index (χ4n) is 3.57. The van der Waals surface area contributed by atoms with E-state index < -0.39 is 11.7 Å². The highest BCUT2D eigenvalue weighted by molar-refractivity contribution is 6.07. The van der Waals surface area contributed by atoms with Gasteiger partial charge in [0.05, 0.1) is 29.9 Å². The molecule has 2 aromatic carbocycles. The van der Waals surface area contributed by atoms with Gasteiger partial charge in [0.1, 0.15) is 5.82 Å². The van der Waals surface area contributed by atoms with Gasteiger partial charge < -0.3 is 15.4 Å². The van der Waals surface area contributed by atoms with E-state index in [0.717, 1.165) is 31.8 Å². The van der Waals surface area contributed by atoms with Crippen LogP contribution >= 0.6 is 0 Å². The lowest BCUT2D eigenvalue weighted by Gasteiger charge is -2.26. The molecule has 6 nitrogen and oxygen atoms in total. The number of halogens is 3. The molecule has 0 spiro atoms. The predicted molar refractivity (Wildman–Crippen MR) is 116 cm³/mol. The van der Waals surface area contributed by atoms with E-state index in [-0.39, 0.29) is 5.91 Å². The molecule has 1 aliphatic heterocycles. The van der Waals surface area contributed by atoms with E-state index in [2.05, 4.69) is 20.5 Å². The second-order valence-electron chi connectivity index (χ2n) is 7.48. The average Bonchev–Trinajstić information content (AvgIpc) is 2.79. The van der Waals surface area contributed by atoms with Crippen LogP contribution in [0, 0.1) is 0 Å². The van der Waals surface area contributed by atoms with Gasteiger partial charge in [-0.2, -0.15) is 13.2 Å². The van der Waals surface area contributed by atoms with Crippen molar-refractivity contribution in [3.63, 3.8) is 0 Å². The molecule has 32 heavy (non-hydrogen) atoms. The van der Waals surface area contributed by atoms with E-state index in [1.54, 1.807) is 12.1 Å². The molecule has 0 atom stereocenters. The first-order valence-corrected chi connectivity index (χ1v) is 10.3. The Hall–Kier alpha value is -3.17. The largest absolute Gasteiger partial charge is 0.416 e. The Balaban J connectivity index is 1.51. The number of pyridine rings is 1. The highest BCUT2D eigenvalue weighted by Gasteiger charge is 2.30. The summed E-state index contributed by atoms with van der Waals surface area (Å²) in [4.78, 5) is 19.7. The van der Waals surface area contributed by atoms with Crippen LogP contribution in [0.4, 0.5) is 24.7 Å². The van der Waals surface area contributed by atoms with E-state index in [4.69, 9.17) is 4.74 Å². The first kappa shape index (κ1) is 22.0. The number of benzene rings is 2. The number of hydrogen-bond donors (Lipinski definition) is 2. The third-order valence-corrected chi connectivity index (χ3v) is 5.26. The summed E-state index contributed by atoms with van der Waals surface area (Å²) in [5, 5.41) is 6.65. The number of nitrogens with zero attached hydrogens (tertiary/aromatic N) is 2. The zero-order chi connectivity index (χ0) is 22.6. The minimum absolute atomic E-state index is 0.229. The molecule has 1 amide bonds. The van der Waals surface area contributed by atoms with Gasteiger partial charge in [-0.3, -0.25) is 9.69 Å². The maximum atomic E-state index is 12.9. The fourth-order valence-corrected chi connectivity index (χ4v) is 3.57. The number of para-hydroxylation sites is 1. The lowest BCUT2D eigenvalue weighted by atomic mass is 10.1. The Morgan fingerprint density at radius 2 is 1.78 bits per heavy atom. The van der Waals surface area contributed by atoms with Crippen LogP contribution in [0.1, 0.15) is 15.9 Å². The number of anilines is 2. The average molecular weight is 444 g/mol. The van der Waals surface area contributed by atoms with Crippen molar-refractivity contribution in [1.29, 1.82) is 0 Å². The van der Waals surface area contributed by atoms with Crippen molar-refractivity contribution < 1.29 is 22.7 Å². The van der Waals surface area contributed by atoms with Crippen LogP contribution in [0.15, 0.2) is 54.6 Å². The Kier molecular flexibility index (Phi) is 6.57. The van der Waals surface area contributed by atoms with Crippen molar-refractivity contribution in [2.75, 3.05) is 44.7 Å². The second kappa shape index (κ2) is 9.54. The van der Waals surface area contributed by atoms with Crippen LogP contribution in [0.25, 0.3) is 10.9 Å². The minimum atomic E-state index is -4.40. The zero-order valence-electron chi connectivity index (χ0n) is 17.3. The summed E-state index contributed by atoms with van der Waals surface area (Å²) >= 11 is 0. The Labute approximate surface area is 183 Å². The number of alkyl halides is 3. The monoisotopic (exact) mass is 444 g/mol. The van der Waals surface area contributed by atoms with Crippen molar-refractivity contribution in [1.82, 2.24) is 15.2 Å². The number of carbonyl (C=O) groups excluding carboxylic acids is 1. The molecule has 2 heterocycles. The number of carbonyl (C=O) groups is 1. The first-order chi connectivity index (χ1) is 15.4. The van der Waals surface area contributed by atoms with Crippen molar-refractivity contribution in [3.05, 3.63) is 65.7 Å². The maximum absolute atomic E-state index is 12.9. The number of fused-ring (bicyclic) bond motifs is 1. The number of morpholine rings is 1. The third-order valence-electron chi connectivity index (χ3n) is 5.26. The van der Waals surface area contributed by atoms with Crippen molar-refractivity contribution in [3.8, 4) is 0 Å². The van der Waals surface area contributed by atoms with Crippen LogP contribution in [-0.4, -0.2) is 55.2 Å². The molecule has 0 saturated carbocycles. The summed E-state index contributed by atoms with van der Waals surface area (Å²) in [6.45, 7) is 4.31. The van der Waals surface area contributed by atoms with Gasteiger partial charge in [0.15, 0.2) is 0 Å². The van der Waals surface area contributed by atoms with Crippen LogP contribution in [0.3, 0.4) is 0 Å². The summed E-state index contributed by atoms with van der Waals surface area (Å²) in [7, 11) is 0. The number of rotatable bonds is 6. The number of hydrogen-bond acceptors (Lipinski definition) is 5. The Morgan fingerprint density at radius 1 is 1.06 bits per heavy atom. The van der Waals surface area contributed by atoms with Crippen LogP contribution in [0.5, 0.6) is 0 Å².